The number of amides is 1. The zero-order valence-electron chi connectivity index (χ0n) is 18.0. The van der Waals surface area contributed by atoms with Crippen molar-refractivity contribution in [1.29, 1.82) is 5.26 Å². The van der Waals surface area contributed by atoms with Crippen molar-refractivity contribution < 1.29 is 23.9 Å². The first-order valence-electron chi connectivity index (χ1n) is 10.4. The van der Waals surface area contributed by atoms with Gasteiger partial charge in [0, 0.05) is 11.1 Å². The Hall–Kier alpha value is -3.17. The van der Waals surface area contributed by atoms with Crippen LogP contribution >= 0.6 is 23.1 Å². The molecular weight excluding hydrogens is 466 g/mol. The Morgan fingerprint density at radius 1 is 1.27 bits per heavy atom. The summed E-state index contributed by atoms with van der Waals surface area (Å²) < 4.78 is 9.86. The van der Waals surface area contributed by atoms with Crippen molar-refractivity contribution in [2.24, 2.45) is 0 Å². The standard InChI is InChI=1S/C21H23N5O5S2/c1-2-30-20(29)14-9-24-21(26-18(14)23)32-11-17(28)31-10-16(27)25-19-13(8-22)12-6-4-3-5-7-15(12)33-19/h9H,2-7,10-11H2,1H3,(H,25,27)(H2,23,24,26). The Bertz CT molecular complexity index is 1100. The molecule has 0 fully saturated rings. The van der Waals surface area contributed by atoms with Gasteiger partial charge in [0.1, 0.15) is 22.5 Å². The molecule has 0 bridgehead atoms. The monoisotopic (exact) mass is 489 g/mol. The van der Waals surface area contributed by atoms with E-state index in [0.29, 0.717) is 10.6 Å². The van der Waals surface area contributed by atoms with Crippen LogP contribution in [0.15, 0.2) is 11.4 Å². The first-order valence-corrected chi connectivity index (χ1v) is 12.2. The molecule has 2 aromatic rings. The number of nitrogens with one attached hydrogen (secondary N) is 1. The average Bonchev–Trinajstić information content (AvgIpc) is 2.95. The minimum atomic E-state index is -0.644. The van der Waals surface area contributed by atoms with E-state index < -0.39 is 24.5 Å². The summed E-state index contributed by atoms with van der Waals surface area (Å²) in [4.78, 5) is 45.1. The van der Waals surface area contributed by atoms with Crippen LogP contribution in [-0.2, 0) is 31.9 Å². The molecule has 3 rings (SSSR count). The Balaban J connectivity index is 1.49. The van der Waals surface area contributed by atoms with Crippen LogP contribution in [0.1, 0.15) is 52.5 Å². The number of thiophene rings is 1. The van der Waals surface area contributed by atoms with Crippen LogP contribution in [0, 0.1) is 11.3 Å². The maximum Gasteiger partial charge on any atom is 0.343 e. The van der Waals surface area contributed by atoms with Crippen LogP contribution in [0.25, 0.3) is 0 Å². The van der Waals surface area contributed by atoms with E-state index in [1.165, 1.54) is 17.5 Å². The first kappa shape index (κ1) is 24.5. The molecule has 10 nitrogen and oxygen atoms in total. The number of aryl methyl sites for hydroxylation is 1. The topological polar surface area (TPSA) is 157 Å². The third-order valence-electron chi connectivity index (χ3n) is 4.76. The van der Waals surface area contributed by atoms with E-state index in [4.69, 9.17) is 15.2 Å². The molecule has 0 aromatic carbocycles. The fourth-order valence-electron chi connectivity index (χ4n) is 3.24. The average molecular weight is 490 g/mol. The molecule has 33 heavy (non-hydrogen) atoms. The van der Waals surface area contributed by atoms with Crippen molar-refractivity contribution in [2.45, 2.75) is 44.2 Å². The summed E-state index contributed by atoms with van der Waals surface area (Å²) in [6, 6.07) is 2.19. The van der Waals surface area contributed by atoms with Crippen molar-refractivity contribution in [3.05, 3.63) is 27.8 Å². The van der Waals surface area contributed by atoms with Gasteiger partial charge in [-0.15, -0.1) is 11.3 Å². The summed E-state index contributed by atoms with van der Waals surface area (Å²) in [7, 11) is 0. The minimum Gasteiger partial charge on any atom is -0.462 e. The number of esters is 2. The lowest BCUT2D eigenvalue weighted by molar-refractivity contribution is -0.144. The number of nitrogens with zero attached hydrogens (tertiary/aromatic N) is 3. The number of carbonyl (C=O) groups is 3. The van der Waals surface area contributed by atoms with Crippen molar-refractivity contribution in [3.63, 3.8) is 0 Å². The minimum absolute atomic E-state index is 0.0445. The molecule has 3 N–H and O–H groups in total. The molecule has 2 heterocycles. The summed E-state index contributed by atoms with van der Waals surface area (Å²) in [6.45, 7) is 1.39. The van der Waals surface area contributed by atoms with Gasteiger partial charge in [-0.3, -0.25) is 9.59 Å². The quantitative estimate of drug-likeness (QED) is 0.244. The lowest BCUT2D eigenvalue weighted by atomic mass is 10.1. The van der Waals surface area contributed by atoms with Gasteiger partial charge in [-0.05, 0) is 38.2 Å². The number of hydrogen-bond acceptors (Lipinski definition) is 11. The van der Waals surface area contributed by atoms with Gasteiger partial charge < -0.3 is 20.5 Å². The molecule has 0 spiro atoms. The number of rotatable bonds is 8. The fourth-order valence-corrected chi connectivity index (χ4v) is 5.11. The summed E-state index contributed by atoms with van der Waals surface area (Å²) in [6.07, 6.45) is 6.21. The summed E-state index contributed by atoms with van der Waals surface area (Å²) >= 11 is 2.37. The molecule has 0 radical (unpaired) electrons. The zero-order valence-corrected chi connectivity index (χ0v) is 19.6. The second-order valence-corrected chi connectivity index (χ2v) is 9.10. The van der Waals surface area contributed by atoms with Crippen LogP contribution in [0.4, 0.5) is 10.8 Å². The van der Waals surface area contributed by atoms with Gasteiger partial charge in [-0.2, -0.15) is 5.26 Å². The molecule has 1 aliphatic rings. The SMILES string of the molecule is CCOC(=O)c1cnc(SCC(=O)OCC(=O)Nc2sc3c(c2C#N)CCCCC3)nc1N. The third-order valence-corrected chi connectivity index (χ3v) is 6.80. The number of anilines is 2. The normalized spacial score (nSPS) is 12.7. The van der Waals surface area contributed by atoms with Crippen LogP contribution in [0.5, 0.6) is 0 Å². The summed E-state index contributed by atoms with van der Waals surface area (Å²) in [5.41, 5.74) is 7.32. The van der Waals surface area contributed by atoms with Gasteiger partial charge in [0.25, 0.3) is 5.91 Å². The number of nitriles is 1. The van der Waals surface area contributed by atoms with Gasteiger partial charge in [0.2, 0.25) is 0 Å². The van der Waals surface area contributed by atoms with Gasteiger partial charge >= 0.3 is 11.9 Å². The second-order valence-electron chi connectivity index (χ2n) is 7.05. The largest absolute Gasteiger partial charge is 0.462 e. The molecule has 12 heteroatoms. The number of hydrogen-bond donors (Lipinski definition) is 2. The molecular formula is C21H23N5O5S2. The van der Waals surface area contributed by atoms with E-state index in [2.05, 4.69) is 21.4 Å². The van der Waals surface area contributed by atoms with Gasteiger partial charge in [0.05, 0.1) is 17.9 Å². The van der Waals surface area contributed by atoms with Crippen molar-refractivity contribution in [2.75, 3.05) is 30.0 Å². The molecule has 2 aromatic heterocycles. The van der Waals surface area contributed by atoms with Gasteiger partial charge in [-0.25, -0.2) is 14.8 Å². The van der Waals surface area contributed by atoms with Crippen LogP contribution < -0.4 is 11.1 Å². The number of nitrogens with two attached hydrogens (primary N) is 1. The molecule has 1 amide bonds. The van der Waals surface area contributed by atoms with Crippen LogP contribution in [-0.4, -0.2) is 46.8 Å². The number of ether oxygens (including phenoxy) is 2. The maximum atomic E-state index is 12.3. The molecule has 0 aliphatic heterocycles. The Morgan fingerprint density at radius 2 is 2.06 bits per heavy atom. The number of carbonyl (C=O) groups excluding carboxylic acids is 3. The Morgan fingerprint density at radius 3 is 2.79 bits per heavy atom. The van der Waals surface area contributed by atoms with Crippen molar-refractivity contribution in [3.8, 4) is 6.07 Å². The second kappa shape index (κ2) is 11.6. The molecule has 1 aliphatic carbocycles. The predicted octanol–water partition coefficient (Wildman–Crippen LogP) is 2.71. The predicted molar refractivity (Wildman–Crippen MR) is 123 cm³/mol. The molecule has 0 atom stereocenters. The number of fused-ring (bicyclic) bond motifs is 1. The fraction of sp³-hybridized carbons (Fsp3) is 0.429. The Kier molecular flexibility index (Phi) is 8.62. The lowest BCUT2D eigenvalue weighted by Gasteiger charge is -2.07. The number of nitrogen functional groups attached to an aromatic ring is 1. The summed E-state index contributed by atoms with van der Waals surface area (Å²) in [5.74, 6) is -1.99. The highest BCUT2D eigenvalue weighted by Gasteiger charge is 2.21. The maximum absolute atomic E-state index is 12.3. The molecule has 0 saturated carbocycles. The van der Waals surface area contributed by atoms with E-state index in [9.17, 15) is 19.6 Å². The van der Waals surface area contributed by atoms with Crippen LogP contribution in [0.2, 0.25) is 0 Å². The lowest BCUT2D eigenvalue weighted by Crippen LogP contribution is -2.21. The van der Waals surface area contributed by atoms with Gasteiger partial charge in [0.15, 0.2) is 11.8 Å². The number of aromatic nitrogens is 2. The van der Waals surface area contributed by atoms with E-state index in [-0.39, 0.29) is 28.9 Å². The van der Waals surface area contributed by atoms with E-state index >= 15 is 0 Å². The zero-order chi connectivity index (χ0) is 23.8. The van der Waals surface area contributed by atoms with Crippen molar-refractivity contribution in [1.82, 2.24) is 9.97 Å². The smallest absolute Gasteiger partial charge is 0.343 e. The molecule has 174 valence electrons. The van der Waals surface area contributed by atoms with E-state index in [1.807, 2.05) is 0 Å². The van der Waals surface area contributed by atoms with Gasteiger partial charge in [-0.1, -0.05) is 18.2 Å². The summed E-state index contributed by atoms with van der Waals surface area (Å²) in [5, 5.41) is 12.9. The third kappa shape index (κ3) is 6.43. The highest BCUT2D eigenvalue weighted by Crippen LogP contribution is 2.36. The van der Waals surface area contributed by atoms with E-state index in [1.54, 1.807) is 6.92 Å². The highest BCUT2D eigenvalue weighted by atomic mass is 32.2. The van der Waals surface area contributed by atoms with Crippen molar-refractivity contribution >= 4 is 51.8 Å². The Labute approximate surface area is 198 Å². The first-order chi connectivity index (χ1) is 15.9. The molecule has 0 saturated heterocycles. The van der Waals surface area contributed by atoms with Crippen LogP contribution in [0.3, 0.4) is 0 Å². The number of thioether (sulfide) groups is 1. The van der Waals surface area contributed by atoms with E-state index in [0.717, 1.165) is 54.3 Å². The highest BCUT2D eigenvalue weighted by molar-refractivity contribution is 7.99. The molecule has 0 unspecified atom stereocenters.